The van der Waals surface area contributed by atoms with Crippen LogP contribution in [0.25, 0.3) is 10.9 Å². The second-order valence-electron chi connectivity index (χ2n) is 10.3. The van der Waals surface area contributed by atoms with Gasteiger partial charge in [-0.2, -0.15) is 0 Å². The van der Waals surface area contributed by atoms with Gasteiger partial charge in [0.25, 0.3) is 11.5 Å². The molecule has 2 N–H and O–H groups in total. The van der Waals surface area contributed by atoms with Crippen molar-refractivity contribution in [3.05, 3.63) is 75.8 Å². The summed E-state index contributed by atoms with van der Waals surface area (Å²) >= 11 is 0. The molecule has 0 saturated heterocycles. The predicted octanol–water partition coefficient (Wildman–Crippen LogP) is 5.89. The van der Waals surface area contributed by atoms with Crippen LogP contribution in [0.15, 0.2) is 53.3 Å². The number of aromatic nitrogens is 2. The molecule has 212 valence electrons. The fourth-order valence-corrected chi connectivity index (χ4v) is 5.03. The molecule has 0 fully saturated rings. The van der Waals surface area contributed by atoms with Crippen molar-refractivity contribution in [2.24, 2.45) is 5.73 Å². The van der Waals surface area contributed by atoms with Gasteiger partial charge in [0, 0.05) is 19.2 Å². The van der Waals surface area contributed by atoms with E-state index in [1.54, 1.807) is 17.7 Å². The van der Waals surface area contributed by atoms with Gasteiger partial charge in [-0.05, 0) is 69.0 Å². The summed E-state index contributed by atoms with van der Waals surface area (Å²) in [5, 5.41) is 0.568. The molecule has 1 amide bonds. The van der Waals surface area contributed by atoms with E-state index in [9.17, 15) is 9.59 Å². The lowest BCUT2D eigenvalue weighted by Crippen LogP contribution is -2.39. The number of nitrogens with two attached hydrogens (primary N) is 1. The molecule has 7 heteroatoms. The molecule has 1 atom stereocenters. The molecule has 0 spiro atoms. The van der Waals surface area contributed by atoms with Crippen molar-refractivity contribution >= 4 is 16.8 Å². The van der Waals surface area contributed by atoms with Gasteiger partial charge < -0.3 is 15.4 Å². The molecule has 1 aromatic heterocycles. The van der Waals surface area contributed by atoms with E-state index in [1.807, 2.05) is 42.2 Å². The van der Waals surface area contributed by atoms with Gasteiger partial charge in [-0.3, -0.25) is 14.2 Å². The number of para-hydroxylation sites is 1. The number of hydrogen-bond donors (Lipinski definition) is 1. The highest BCUT2D eigenvalue weighted by molar-refractivity contribution is 5.94. The fraction of sp³-hybridized carbons (Fsp3) is 0.531. The quantitative estimate of drug-likeness (QED) is 0.218. The first-order valence-electron chi connectivity index (χ1n) is 14.6. The Bertz CT molecular complexity index is 1220. The molecule has 0 saturated carbocycles. The molecule has 0 radical (unpaired) electrons. The van der Waals surface area contributed by atoms with Gasteiger partial charge in [0.1, 0.15) is 5.82 Å². The van der Waals surface area contributed by atoms with Crippen molar-refractivity contribution < 1.29 is 9.53 Å². The molecule has 1 heterocycles. The molecule has 7 nitrogen and oxygen atoms in total. The molecule has 2 aromatic carbocycles. The molecule has 1 unspecified atom stereocenters. The van der Waals surface area contributed by atoms with Crippen LogP contribution in [0, 0.1) is 0 Å². The summed E-state index contributed by atoms with van der Waals surface area (Å²) in [5.74, 6) is 0.540. The minimum absolute atomic E-state index is 0.0421. The summed E-state index contributed by atoms with van der Waals surface area (Å²) in [6, 6.07) is 15.0. The number of nitrogens with zero attached hydrogens (tertiary/aromatic N) is 3. The summed E-state index contributed by atoms with van der Waals surface area (Å²) in [5.41, 5.74) is 8.13. The highest BCUT2D eigenvalue weighted by atomic mass is 16.5. The monoisotopic (exact) mass is 534 g/mol. The van der Waals surface area contributed by atoms with E-state index in [0.29, 0.717) is 48.5 Å². The van der Waals surface area contributed by atoms with Crippen molar-refractivity contribution in [1.82, 2.24) is 14.5 Å². The third kappa shape index (κ3) is 8.48. The van der Waals surface area contributed by atoms with Crippen LogP contribution in [0.3, 0.4) is 0 Å². The minimum Gasteiger partial charge on any atom is -0.383 e. The second kappa shape index (κ2) is 16.2. The number of rotatable bonds is 17. The van der Waals surface area contributed by atoms with Crippen molar-refractivity contribution in [1.29, 1.82) is 0 Å². The van der Waals surface area contributed by atoms with Crippen molar-refractivity contribution in [2.75, 3.05) is 26.8 Å². The Morgan fingerprint density at radius 1 is 1.00 bits per heavy atom. The first-order chi connectivity index (χ1) is 19.0. The Hall–Kier alpha value is -3.03. The SMILES string of the molecule is CCCCCCc1ccc(C(=O)N(CCCCCCN)C(C)c2nc3ccccc3c(=O)n2CCOC)cc1. The van der Waals surface area contributed by atoms with E-state index >= 15 is 0 Å². The van der Waals surface area contributed by atoms with E-state index < -0.39 is 6.04 Å². The van der Waals surface area contributed by atoms with Crippen LogP contribution in [0.4, 0.5) is 0 Å². The summed E-state index contributed by atoms with van der Waals surface area (Å²) in [6.45, 7) is 6.20. The van der Waals surface area contributed by atoms with Crippen LogP contribution in [-0.2, 0) is 17.7 Å². The Labute approximate surface area is 233 Å². The molecule has 0 aliphatic carbocycles. The molecule has 3 rings (SSSR count). The highest BCUT2D eigenvalue weighted by Gasteiger charge is 2.27. The molecule has 39 heavy (non-hydrogen) atoms. The van der Waals surface area contributed by atoms with Crippen LogP contribution >= 0.6 is 0 Å². The zero-order valence-electron chi connectivity index (χ0n) is 24.0. The third-order valence-electron chi connectivity index (χ3n) is 7.39. The first kappa shape index (κ1) is 30.5. The summed E-state index contributed by atoms with van der Waals surface area (Å²) in [7, 11) is 1.62. The number of aryl methyl sites for hydroxylation is 1. The van der Waals surface area contributed by atoms with Gasteiger partial charge in [0.2, 0.25) is 0 Å². The van der Waals surface area contributed by atoms with E-state index in [1.165, 1.54) is 31.2 Å². The second-order valence-corrected chi connectivity index (χ2v) is 10.3. The van der Waals surface area contributed by atoms with E-state index in [2.05, 4.69) is 19.1 Å². The fourth-order valence-electron chi connectivity index (χ4n) is 5.03. The number of unbranched alkanes of at least 4 members (excludes halogenated alkanes) is 6. The van der Waals surface area contributed by atoms with Gasteiger partial charge in [-0.15, -0.1) is 0 Å². The molecular weight excluding hydrogens is 488 g/mol. The van der Waals surface area contributed by atoms with Gasteiger partial charge in [-0.25, -0.2) is 4.98 Å². The number of amides is 1. The molecule has 0 aliphatic heterocycles. The standard InChI is InChI=1S/C32H46N4O3/c1-4-5-6-9-14-26-17-19-27(20-18-26)31(37)35(22-13-8-7-12-21-33)25(2)30-34-29-16-11-10-15-28(29)32(38)36(30)23-24-39-3/h10-11,15-20,25H,4-9,12-14,21-24,33H2,1-3H3. The Morgan fingerprint density at radius 2 is 1.72 bits per heavy atom. The van der Waals surface area contributed by atoms with Crippen molar-refractivity contribution in [2.45, 2.75) is 84.2 Å². The maximum atomic E-state index is 13.9. The minimum atomic E-state index is -0.394. The normalized spacial score (nSPS) is 12.1. The number of carbonyl (C=O) groups is 1. The smallest absolute Gasteiger partial charge is 0.261 e. The van der Waals surface area contributed by atoms with Crippen LogP contribution in [-0.4, -0.2) is 47.2 Å². The van der Waals surface area contributed by atoms with Gasteiger partial charge >= 0.3 is 0 Å². The lowest BCUT2D eigenvalue weighted by atomic mass is 10.0. The van der Waals surface area contributed by atoms with Gasteiger partial charge in [0.15, 0.2) is 0 Å². The van der Waals surface area contributed by atoms with E-state index in [0.717, 1.165) is 32.1 Å². The highest BCUT2D eigenvalue weighted by Crippen LogP contribution is 2.24. The van der Waals surface area contributed by atoms with Crippen LogP contribution in [0.5, 0.6) is 0 Å². The average molecular weight is 535 g/mol. The van der Waals surface area contributed by atoms with Gasteiger partial charge in [-0.1, -0.05) is 63.3 Å². The van der Waals surface area contributed by atoms with Gasteiger partial charge in [0.05, 0.1) is 30.1 Å². The van der Waals surface area contributed by atoms with Crippen LogP contribution in [0.2, 0.25) is 0 Å². The van der Waals surface area contributed by atoms with E-state index in [-0.39, 0.29) is 11.5 Å². The maximum Gasteiger partial charge on any atom is 0.261 e. The Morgan fingerprint density at radius 3 is 2.44 bits per heavy atom. The first-order valence-corrected chi connectivity index (χ1v) is 14.6. The lowest BCUT2D eigenvalue weighted by molar-refractivity contribution is 0.0673. The molecular formula is C32H46N4O3. The third-order valence-corrected chi connectivity index (χ3v) is 7.39. The van der Waals surface area contributed by atoms with E-state index in [4.69, 9.17) is 15.5 Å². The summed E-state index contributed by atoms with van der Waals surface area (Å²) in [4.78, 5) is 34.2. The molecule has 0 aliphatic rings. The Kier molecular flexibility index (Phi) is 12.6. The number of ether oxygens (including phenoxy) is 1. The summed E-state index contributed by atoms with van der Waals surface area (Å²) < 4.78 is 6.97. The Balaban J connectivity index is 1.91. The maximum absolute atomic E-state index is 13.9. The number of fused-ring (bicyclic) bond motifs is 1. The zero-order valence-corrected chi connectivity index (χ0v) is 24.0. The topological polar surface area (TPSA) is 90.5 Å². The number of methoxy groups -OCH3 is 1. The molecule has 0 bridgehead atoms. The lowest BCUT2D eigenvalue weighted by Gasteiger charge is -2.31. The number of benzene rings is 2. The molecule has 3 aromatic rings. The summed E-state index contributed by atoms with van der Waals surface area (Å²) in [6.07, 6.45) is 9.77. The van der Waals surface area contributed by atoms with Crippen LogP contribution < -0.4 is 11.3 Å². The average Bonchev–Trinajstić information content (AvgIpc) is 2.96. The van der Waals surface area contributed by atoms with Crippen LogP contribution in [0.1, 0.15) is 93.0 Å². The van der Waals surface area contributed by atoms with Crippen molar-refractivity contribution in [3.8, 4) is 0 Å². The largest absolute Gasteiger partial charge is 0.383 e. The van der Waals surface area contributed by atoms with Crippen molar-refractivity contribution in [3.63, 3.8) is 0 Å². The number of hydrogen-bond acceptors (Lipinski definition) is 5. The number of carbonyl (C=O) groups excluding carboxylic acids is 1. The zero-order chi connectivity index (χ0) is 28.0. The predicted molar refractivity (Wildman–Crippen MR) is 159 cm³/mol.